The predicted octanol–water partition coefficient (Wildman–Crippen LogP) is 1.87. The van der Waals surface area contributed by atoms with E-state index in [-0.39, 0.29) is 12.4 Å². The van der Waals surface area contributed by atoms with Crippen LogP contribution < -0.4 is 0 Å². The summed E-state index contributed by atoms with van der Waals surface area (Å²) in [5, 5.41) is 15.5. The summed E-state index contributed by atoms with van der Waals surface area (Å²) in [7, 11) is 0. The zero-order valence-electron chi connectivity index (χ0n) is 8.57. The number of hydrogen-bond acceptors (Lipinski definition) is 3. The zero-order valence-corrected chi connectivity index (χ0v) is 9.38. The minimum Gasteiger partial charge on any atom is -0.388 e. The van der Waals surface area contributed by atoms with Crippen LogP contribution in [0.4, 0.5) is 4.39 Å². The highest BCUT2D eigenvalue weighted by atomic mass is 32.1. The van der Waals surface area contributed by atoms with Crippen molar-refractivity contribution < 1.29 is 9.50 Å². The number of hydrogen-bond donors (Lipinski definition) is 2. The Morgan fingerprint density at radius 2 is 2.31 bits per heavy atom. The van der Waals surface area contributed by atoms with E-state index >= 15 is 0 Å². The van der Waals surface area contributed by atoms with Crippen LogP contribution in [0.5, 0.6) is 0 Å². The van der Waals surface area contributed by atoms with E-state index in [0.717, 1.165) is 0 Å². The van der Waals surface area contributed by atoms with Gasteiger partial charge in [0.05, 0.1) is 5.69 Å². The number of halogens is 1. The predicted molar refractivity (Wildman–Crippen MR) is 59.4 cm³/mol. The summed E-state index contributed by atoms with van der Waals surface area (Å²) >= 11 is 5.04. The molecule has 6 heteroatoms. The molecule has 0 aliphatic heterocycles. The van der Waals surface area contributed by atoms with E-state index in [1.807, 2.05) is 0 Å². The van der Waals surface area contributed by atoms with Gasteiger partial charge in [0.2, 0.25) is 0 Å². The molecule has 1 heterocycles. The first-order chi connectivity index (χ1) is 7.65. The van der Waals surface area contributed by atoms with Gasteiger partial charge in [-0.15, -0.1) is 0 Å². The van der Waals surface area contributed by atoms with Gasteiger partial charge in [0.15, 0.2) is 10.6 Å². The molecule has 0 saturated carbocycles. The fourth-order valence-electron chi connectivity index (χ4n) is 1.52. The van der Waals surface area contributed by atoms with E-state index in [2.05, 4.69) is 10.2 Å². The van der Waals surface area contributed by atoms with Gasteiger partial charge in [-0.3, -0.25) is 9.67 Å². The standard InChI is InChI=1S/C10H10FN3OS/c1-6-7(11)3-2-4-8(6)14-9(5-15)12-13-10(14)16/h2-4,15H,5H2,1H3,(H,13,16). The van der Waals surface area contributed by atoms with Crippen LogP contribution in [0, 0.1) is 17.5 Å². The van der Waals surface area contributed by atoms with Crippen molar-refractivity contribution in [1.82, 2.24) is 14.8 Å². The molecule has 16 heavy (non-hydrogen) atoms. The average molecular weight is 239 g/mol. The third kappa shape index (κ3) is 1.66. The Morgan fingerprint density at radius 3 is 3.00 bits per heavy atom. The first kappa shape index (κ1) is 11.0. The van der Waals surface area contributed by atoms with Gasteiger partial charge in [0.1, 0.15) is 12.4 Å². The Bertz CT molecular complexity index is 576. The molecule has 0 atom stereocenters. The van der Waals surface area contributed by atoms with E-state index in [4.69, 9.17) is 17.3 Å². The van der Waals surface area contributed by atoms with Crippen molar-refractivity contribution in [2.24, 2.45) is 0 Å². The van der Waals surface area contributed by atoms with E-state index in [0.29, 0.717) is 21.8 Å². The molecule has 2 N–H and O–H groups in total. The lowest BCUT2D eigenvalue weighted by atomic mass is 10.2. The van der Waals surface area contributed by atoms with Gasteiger partial charge >= 0.3 is 0 Å². The summed E-state index contributed by atoms with van der Waals surface area (Å²) in [6.45, 7) is 1.39. The van der Waals surface area contributed by atoms with Crippen LogP contribution in [0.25, 0.3) is 5.69 Å². The van der Waals surface area contributed by atoms with Crippen molar-refractivity contribution in [2.75, 3.05) is 0 Å². The lowest BCUT2D eigenvalue weighted by molar-refractivity contribution is 0.268. The number of aliphatic hydroxyl groups is 1. The van der Waals surface area contributed by atoms with Crippen LogP contribution in [-0.2, 0) is 6.61 Å². The van der Waals surface area contributed by atoms with E-state index in [1.165, 1.54) is 10.6 Å². The number of H-pyrrole nitrogens is 1. The van der Waals surface area contributed by atoms with E-state index < -0.39 is 0 Å². The van der Waals surface area contributed by atoms with Gasteiger partial charge in [0.25, 0.3) is 0 Å². The van der Waals surface area contributed by atoms with Crippen LogP contribution in [-0.4, -0.2) is 19.9 Å². The molecular weight excluding hydrogens is 229 g/mol. The SMILES string of the molecule is Cc1c(F)cccc1-n1c(CO)n[nH]c1=S. The summed E-state index contributed by atoms with van der Waals surface area (Å²) < 4.78 is 15.3. The minimum atomic E-state index is -0.315. The molecule has 0 radical (unpaired) electrons. The van der Waals surface area contributed by atoms with E-state index in [9.17, 15) is 4.39 Å². The molecule has 0 aliphatic carbocycles. The van der Waals surface area contributed by atoms with Crippen molar-refractivity contribution in [3.05, 3.63) is 40.2 Å². The topological polar surface area (TPSA) is 53.8 Å². The quantitative estimate of drug-likeness (QED) is 0.787. The Balaban J connectivity index is 2.72. The van der Waals surface area contributed by atoms with Crippen LogP contribution in [0.15, 0.2) is 18.2 Å². The molecule has 0 unspecified atom stereocenters. The molecule has 0 bridgehead atoms. The minimum absolute atomic E-state index is 0.261. The van der Waals surface area contributed by atoms with Gasteiger partial charge in [-0.1, -0.05) is 6.07 Å². The van der Waals surface area contributed by atoms with Gasteiger partial charge in [-0.25, -0.2) is 4.39 Å². The normalized spacial score (nSPS) is 10.7. The Morgan fingerprint density at radius 1 is 1.56 bits per heavy atom. The van der Waals surface area contributed by atoms with Crippen LogP contribution in [0.2, 0.25) is 0 Å². The Hall–Kier alpha value is -1.53. The number of nitrogens with one attached hydrogen (secondary N) is 1. The Kier molecular flexibility index (Phi) is 2.84. The fraction of sp³-hybridized carbons (Fsp3) is 0.200. The lowest BCUT2D eigenvalue weighted by Crippen LogP contribution is -2.04. The highest BCUT2D eigenvalue weighted by molar-refractivity contribution is 7.71. The highest BCUT2D eigenvalue weighted by Gasteiger charge is 2.11. The van der Waals surface area contributed by atoms with E-state index in [1.54, 1.807) is 19.1 Å². The first-order valence-electron chi connectivity index (χ1n) is 4.67. The maximum atomic E-state index is 13.4. The molecule has 0 fully saturated rings. The highest BCUT2D eigenvalue weighted by Crippen LogP contribution is 2.18. The van der Waals surface area contributed by atoms with Gasteiger partial charge in [-0.2, -0.15) is 5.10 Å². The molecule has 4 nitrogen and oxygen atoms in total. The maximum absolute atomic E-state index is 13.4. The molecular formula is C10H10FN3OS. The largest absolute Gasteiger partial charge is 0.388 e. The van der Waals surface area contributed by atoms with Crippen LogP contribution in [0.3, 0.4) is 0 Å². The molecule has 2 aromatic rings. The van der Waals surface area contributed by atoms with Gasteiger partial charge < -0.3 is 5.11 Å². The lowest BCUT2D eigenvalue weighted by Gasteiger charge is -2.08. The second-order valence-corrected chi connectivity index (χ2v) is 3.71. The summed E-state index contributed by atoms with van der Waals surface area (Å²) in [5.74, 6) is 0.0446. The number of benzene rings is 1. The number of aliphatic hydroxyl groups excluding tert-OH is 1. The molecule has 1 aromatic carbocycles. The summed E-state index contributed by atoms with van der Waals surface area (Å²) in [6, 6.07) is 4.69. The Labute approximate surface area is 96.4 Å². The van der Waals surface area contributed by atoms with Crippen molar-refractivity contribution >= 4 is 12.2 Å². The molecule has 1 aromatic heterocycles. The first-order valence-corrected chi connectivity index (χ1v) is 5.08. The second-order valence-electron chi connectivity index (χ2n) is 3.32. The van der Waals surface area contributed by atoms with Crippen molar-refractivity contribution in [2.45, 2.75) is 13.5 Å². The number of nitrogens with zero attached hydrogens (tertiary/aromatic N) is 2. The van der Waals surface area contributed by atoms with Crippen LogP contribution >= 0.6 is 12.2 Å². The molecule has 0 amide bonds. The molecule has 0 saturated heterocycles. The summed E-state index contributed by atoms with van der Waals surface area (Å²) in [4.78, 5) is 0. The number of aromatic nitrogens is 3. The van der Waals surface area contributed by atoms with Crippen molar-refractivity contribution in [1.29, 1.82) is 0 Å². The third-order valence-corrected chi connectivity index (χ3v) is 2.64. The zero-order chi connectivity index (χ0) is 11.7. The number of rotatable bonds is 2. The second kappa shape index (κ2) is 4.15. The fourth-order valence-corrected chi connectivity index (χ4v) is 1.77. The van der Waals surface area contributed by atoms with Gasteiger partial charge in [0, 0.05) is 5.56 Å². The summed E-state index contributed by atoms with van der Waals surface area (Å²) in [5.41, 5.74) is 1.05. The number of aromatic amines is 1. The molecule has 0 aliphatic rings. The maximum Gasteiger partial charge on any atom is 0.199 e. The van der Waals surface area contributed by atoms with Gasteiger partial charge in [-0.05, 0) is 31.3 Å². The smallest absolute Gasteiger partial charge is 0.199 e. The molecule has 2 rings (SSSR count). The van der Waals surface area contributed by atoms with Crippen molar-refractivity contribution in [3.63, 3.8) is 0 Å². The summed E-state index contributed by atoms with van der Waals surface area (Å²) in [6.07, 6.45) is 0. The monoisotopic (exact) mass is 239 g/mol. The van der Waals surface area contributed by atoms with Crippen molar-refractivity contribution in [3.8, 4) is 5.69 Å². The third-order valence-electron chi connectivity index (χ3n) is 2.36. The molecule has 0 spiro atoms. The average Bonchev–Trinajstić information content (AvgIpc) is 2.64. The van der Waals surface area contributed by atoms with Crippen LogP contribution in [0.1, 0.15) is 11.4 Å². The molecule has 84 valence electrons.